The molecule has 0 saturated heterocycles. The standard InChI is InChI=1S/C33H29BrN2O5S/c34-25-17-19-26(20-18-25)42(40,41)36(21-8-2-5-16-30(37)38)33(39)32-27-13-6-7-14-28(27)35-29-15-9-12-24(31(29)32)22-23-10-3-1-4-11-23/h1,3-4,6-7,9-15,17-20H,2,5,8,16,21-22H2,(H,37,38). The number of carboxylic acid groups (broad SMARTS) is 1. The van der Waals surface area contributed by atoms with E-state index in [-0.39, 0.29) is 23.4 Å². The van der Waals surface area contributed by atoms with E-state index in [4.69, 9.17) is 10.1 Å². The summed E-state index contributed by atoms with van der Waals surface area (Å²) in [6.07, 6.45) is 1.69. The number of aliphatic carboxylic acids is 1. The number of hydrogen-bond donors (Lipinski definition) is 1. The van der Waals surface area contributed by atoms with Crippen LogP contribution in [0, 0.1) is 0 Å². The number of halogens is 1. The number of carbonyl (C=O) groups is 2. The third-order valence-corrected chi connectivity index (χ3v) is 9.45. The summed E-state index contributed by atoms with van der Waals surface area (Å²) in [6, 6.07) is 29.0. The van der Waals surface area contributed by atoms with Crippen LogP contribution >= 0.6 is 15.9 Å². The van der Waals surface area contributed by atoms with E-state index in [1.54, 1.807) is 18.2 Å². The van der Waals surface area contributed by atoms with Gasteiger partial charge in [0.1, 0.15) is 0 Å². The smallest absolute Gasteiger partial charge is 0.303 e. The summed E-state index contributed by atoms with van der Waals surface area (Å²) in [6.45, 7) is -0.0875. The number of pyridine rings is 1. The normalized spacial score (nSPS) is 11.5. The van der Waals surface area contributed by atoms with E-state index < -0.39 is 21.9 Å². The minimum absolute atomic E-state index is 0.00300. The van der Waals surface area contributed by atoms with Crippen LogP contribution in [0.25, 0.3) is 21.8 Å². The lowest BCUT2D eigenvalue weighted by Gasteiger charge is -2.25. The lowest BCUT2D eigenvalue weighted by molar-refractivity contribution is -0.137. The Kier molecular flexibility index (Phi) is 8.99. The second-order valence-corrected chi connectivity index (χ2v) is 12.8. The number of para-hydroxylation sites is 1. The summed E-state index contributed by atoms with van der Waals surface area (Å²) >= 11 is 3.34. The average molecular weight is 646 g/mol. The molecule has 0 saturated carbocycles. The number of benzene rings is 4. The van der Waals surface area contributed by atoms with E-state index in [1.165, 1.54) is 12.1 Å². The van der Waals surface area contributed by atoms with Crippen molar-refractivity contribution in [1.82, 2.24) is 9.29 Å². The Balaban J connectivity index is 1.67. The average Bonchev–Trinajstić information content (AvgIpc) is 2.98. The number of hydrogen-bond acceptors (Lipinski definition) is 5. The topological polar surface area (TPSA) is 105 Å². The maximum absolute atomic E-state index is 14.7. The van der Waals surface area contributed by atoms with Crippen LogP contribution in [0.4, 0.5) is 0 Å². The molecule has 0 fully saturated rings. The molecule has 4 aromatic carbocycles. The number of carboxylic acids is 1. The van der Waals surface area contributed by atoms with E-state index in [9.17, 15) is 18.0 Å². The van der Waals surface area contributed by atoms with Crippen LogP contribution in [0.1, 0.15) is 47.2 Å². The third-order valence-electron chi connectivity index (χ3n) is 7.12. The van der Waals surface area contributed by atoms with Crippen molar-refractivity contribution in [3.8, 4) is 0 Å². The van der Waals surface area contributed by atoms with Gasteiger partial charge in [0.2, 0.25) is 0 Å². The highest BCUT2D eigenvalue weighted by atomic mass is 79.9. The number of rotatable bonds is 11. The SMILES string of the molecule is O=C(O)CCCCCN(C(=O)c1c2ccccc2nc2cccc(Cc3ccccc3)c12)S(=O)(=O)c1ccc(Br)cc1. The van der Waals surface area contributed by atoms with Gasteiger partial charge in [-0.2, -0.15) is 0 Å². The number of unbranched alkanes of at least 4 members (excludes halogenated alkanes) is 2. The Morgan fingerprint density at radius 1 is 0.786 bits per heavy atom. The predicted molar refractivity (Wildman–Crippen MR) is 167 cm³/mol. The van der Waals surface area contributed by atoms with Crippen LogP contribution in [-0.4, -0.2) is 41.2 Å². The van der Waals surface area contributed by atoms with Crippen molar-refractivity contribution < 1.29 is 23.1 Å². The zero-order valence-electron chi connectivity index (χ0n) is 22.7. The number of nitrogens with zero attached hydrogens (tertiary/aromatic N) is 2. The van der Waals surface area contributed by atoms with Crippen LogP contribution in [0.3, 0.4) is 0 Å². The summed E-state index contributed by atoms with van der Waals surface area (Å²) in [4.78, 5) is 30.5. The van der Waals surface area contributed by atoms with E-state index in [0.717, 1.165) is 15.4 Å². The third kappa shape index (κ3) is 6.37. The molecular formula is C33H29BrN2O5S. The number of sulfonamides is 1. The first-order valence-corrected chi connectivity index (χ1v) is 15.9. The maximum Gasteiger partial charge on any atom is 0.303 e. The molecule has 0 atom stereocenters. The van der Waals surface area contributed by atoms with Crippen molar-refractivity contribution in [1.29, 1.82) is 0 Å². The molecule has 1 amide bonds. The zero-order valence-corrected chi connectivity index (χ0v) is 25.1. The minimum atomic E-state index is -4.25. The summed E-state index contributed by atoms with van der Waals surface area (Å²) in [7, 11) is -4.25. The van der Waals surface area contributed by atoms with Crippen molar-refractivity contribution in [2.24, 2.45) is 0 Å². The van der Waals surface area contributed by atoms with Gasteiger partial charge in [-0.3, -0.25) is 9.59 Å². The van der Waals surface area contributed by atoms with E-state index in [0.29, 0.717) is 52.0 Å². The molecule has 0 aliphatic heterocycles. The van der Waals surface area contributed by atoms with Gasteiger partial charge in [0, 0.05) is 28.2 Å². The first-order chi connectivity index (χ1) is 20.3. The van der Waals surface area contributed by atoms with Gasteiger partial charge in [0.25, 0.3) is 15.9 Å². The molecule has 214 valence electrons. The first kappa shape index (κ1) is 29.4. The van der Waals surface area contributed by atoms with E-state index in [1.807, 2.05) is 66.7 Å². The Morgan fingerprint density at radius 3 is 2.21 bits per heavy atom. The molecule has 1 N–H and O–H groups in total. The van der Waals surface area contributed by atoms with Crippen molar-refractivity contribution in [2.75, 3.05) is 6.54 Å². The second-order valence-electron chi connectivity index (χ2n) is 10.0. The van der Waals surface area contributed by atoms with Crippen LogP contribution in [-0.2, 0) is 21.2 Å². The maximum atomic E-state index is 14.7. The molecule has 0 unspecified atom stereocenters. The molecule has 42 heavy (non-hydrogen) atoms. The zero-order chi connectivity index (χ0) is 29.7. The van der Waals surface area contributed by atoms with Crippen molar-refractivity contribution in [3.05, 3.63) is 118 Å². The van der Waals surface area contributed by atoms with Gasteiger partial charge in [-0.1, -0.05) is 83.0 Å². The molecule has 0 bridgehead atoms. The van der Waals surface area contributed by atoms with E-state index >= 15 is 0 Å². The van der Waals surface area contributed by atoms with Crippen LogP contribution < -0.4 is 0 Å². The summed E-state index contributed by atoms with van der Waals surface area (Å²) in [5.41, 5.74) is 3.39. The Labute approximate surface area is 253 Å². The Hall–Kier alpha value is -4.08. The molecule has 0 aliphatic carbocycles. The molecule has 0 spiro atoms. The first-order valence-electron chi connectivity index (χ1n) is 13.6. The van der Waals surface area contributed by atoms with Crippen molar-refractivity contribution in [2.45, 2.75) is 37.0 Å². The molecular weight excluding hydrogens is 616 g/mol. The highest BCUT2D eigenvalue weighted by molar-refractivity contribution is 9.10. The second kappa shape index (κ2) is 12.8. The fourth-order valence-electron chi connectivity index (χ4n) is 5.10. The Morgan fingerprint density at radius 2 is 1.48 bits per heavy atom. The minimum Gasteiger partial charge on any atom is -0.481 e. The highest BCUT2D eigenvalue weighted by Gasteiger charge is 2.32. The van der Waals surface area contributed by atoms with Gasteiger partial charge in [0.05, 0.1) is 21.5 Å². The molecule has 0 radical (unpaired) electrons. The molecule has 1 aromatic heterocycles. The molecule has 5 rings (SSSR count). The highest BCUT2D eigenvalue weighted by Crippen LogP contribution is 2.33. The summed E-state index contributed by atoms with van der Waals surface area (Å²) in [5.74, 6) is -1.55. The molecule has 1 heterocycles. The molecule has 0 aliphatic rings. The molecule has 9 heteroatoms. The lowest BCUT2D eigenvalue weighted by atomic mass is 9.94. The fourth-order valence-corrected chi connectivity index (χ4v) is 6.78. The number of aromatic nitrogens is 1. The Bertz CT molecular complexity index is 1860. The van der Waals surface area contributed by atoms with Gasteiger partial charge in [-0.25, -0.2) is 17.7 Å². The van der Waals surface area contributed by atoms with Gasteiger partial charge in [-0.05, 0) is 66.8 Å². The predicted octanol–water partition coefficient (Wildman–Crippen LogP) is 7.22. The van der Waals surface area contributed by atoms with E-state index in [2.05, 4.69) is 15.9 Å². The fraction of sp³-hybridized carbons (Fsp3) is 0.182. The van der Waals surface area contributed by atoms with Gasteiger partial charge in [0.15, 0.2) is 0 Å². The molecule has 7 nitrogen and oxygen atoms in total. The molecule has 5 aromatic rings. The number of amides is 1. The van der Waals surface area contributed by atoms with Crippen LogP contribution in [0.5, 0.6) is 0 Å². The van der Waals surface area contributed by atoms with Crippen LogP contribution in [0.15, 0.2) is 106 Å². The number of carbonyl (C=O) groups excluding carboxylic acids is 1. The van der Waals surface area contributed by atoms with Gasteiger partial charge in [-0.15, -0.1) is 0 Å². The summed E-state index contributed by atoms with van der Waals surface area (Å²) in [5, 5.41) is 10.2. The monoisotopic (exact) mass is 644 g/mol. The summed E-state index contributed by atoms with van der Waals surface area (Å²) < 4.78 is 29.8. The quantitative estimate of drug-likeness (QED) is 0.120. The van der Waals surface area contributed by atoms with Gasteiger partial charge < -0.3 is 5.11 Å². The van der Waals surface area contributed by atoms with Gasteiger partial charge >= 0.3 is 5.97 Å². The van der Waals surface area contributed by atoms with Crippen LogP contribution in [0.2, 0.25) is 0 Å². The number of fused-ring (bicyclic) bond motifs is 2. The van der Waals surface area contributed by atoms with Crippen molar-refractivity contribution in [3.63, 3.8) is 0 Å². The lowest BCUT2D eigenvalue weighted by Crippen LogP contribution is -2.38. The largest absolute Gasteiger partial charge is 0.481 e. The van der Waals surface area contributed by atoms with Crippen molar-refractivity contribution >= 4 is 59.6 Å².